The van der Waals surface area contributed by atoms with E-state index in [-0.39, 0.29) is 12.5 Å². The SMILES string of the molecule is CC(C)Cn1cncc1CN1CCCN(C(=O)Cn2cnnn2)CC1. The summed E-state index contributed by atoms with van der Waals surface area (Å²) >= 11 is 0. The maximum Gasteiger partial charge on any atom is 0.244 e. The Hall–Kier alpha value is -2.29. The van der Waals surface area contributed by atoms with Crippen molar-refractivity contribution < 1.29 is 4.79 Å². The molecule has 0 bridgehead atoms. The molecule has 3 rings (SSSR count). The lowest BCUT2D eigenvalue weighted by molar-refractivity contribution is -0.131. The molecule has 0 aromatic carbocycles. The van der Waals surface area contributed by atoms with E-state index >= 15 is 0 Å². The molecule has 25 heavy (non-hydrogen) atoms. The van der Waals surface area contributed by atoms with Crippen LogP contribution in [0.25, 0.3) is 0 Å². The molecule has 0 atom stereocenters. The number of tetrazole rings is 1. The van der Waals surface area contributed by atoms with E-state index in [9.17, 15) is 4.79 Å². The molecule has 0 N–H and O–H groups in total. The van der Waals surface area contributed by atoms with Crippen molar-refractivity contribution in [2.24, 2.45) is 5.92 Å². The van der Waals surface area contributed by atoms with Crippen LogP contribution in [0, 0.1) is 5.92 Å². The van der Waals surface area contributed by atoms with Crippen LogP contribution >= 0.6 is 0 Å². The Bertz CT molecular complexity index is 665. The number of nitrogens with zero attached hydrogens (tertiary/aromatic N) is 8. The van der Waals surface area contributed by atoms with Crippen LogP contribution in [0.5, 0.6) is 0 Å². The molecule has 136 valence electrons. The highest BCUT2D eigenvalue weighted by Gasteiger charge is 2.20. The molecule has 0 saturated carbocycles. The van der Waals surface area contributed by atoms with Crippen molar-refractivity contribution in [3.05, 3.63) is 24.5 Å². The second-order valence-corrected chi connectivity index (χ2v) is 6.95. The van der Waals surface area contributed by atoms with Crippen LogP contribution in [-0.4, -0.2) is 71.6 Å². The molecule has 9 heteroatoms. The fourth-order valence-corrected chi connectivity index (χ4v) is 3.14. The van der Waals surface area contributed by atoms with Gasteiger partial charge in [0, 0.05) is 45.5 Å². The minimum absolute atomic E-state index is 0.0685. The van der Waals surface area contributed by atoms with Gasteiger partial charge in [-0.15, -0.1) is 5.10 Å². The summed E-state index contributed by atoms with van der Waals surface area (Å²) in [5.74, 6) is 0.662. The van der Waals surface area contributed by atoms with Crippen LogP contribution in [0.4, 0.5) is 0 Å². The van der Waals surface area contributed by atoms with Gasteiger partial charge in [0.05, 0.1) is 12.0 Å². The highest BCUT2D eigenvalue weighted by Crippen LogP contribution is 2.11. The average Bonchev–Trinajstić information content (AvgIpc) is 3.16. The fraction of sp³-hybridized carbons (Fsp3) is 0.688. The summed E-state index contributed by atoms with van der Waals surface area (Å²) in [4.78, 5) is 21.0. The average molecular weight is 346 g/mol. The molecule has 0 unspecified atom stereocenters. The number of rotatable bonds is 6. The minimum Gasteiger partial charge on any atom is -0.340 e. The first kappa shape index (κ1) is 17.5. The molecule has 1 aliphatic rings. The second-order valence-electron chi connectivity index (χ2n) is 6.95. The van der Waals surface area contributed by atoms with Gasteiger partial charge in [-0.2, -0.15) is 0 Å². The van der Waals surface area contributed by atoms with Crippen molar-refractivity contribution in [2.45, 2.75) is 39.9 Å². The van der Waals surface area contributed by atoms with Gasteiger partial charge >= 0.3 is 0 Å². The molecule has 9 nitrogen and oxygen atoms in total. The third kappa shape index (κ3) is 4.85. The van der Waals surface area contributed by atoms with Gasteiger partial charge in [0.2, 0.25) is 5.91 Å². The molecule has 0 spiro atoms. The molecule has 2 aromatic rings. The summed E-state index contributed by atoms with van der Waals surface area (Å²) in [6.07, 6.45) is 6.31. The van der Waals surface area contributed by atoms with Gasteiger partial charge in [-0.05, 0) is 22.8 Å². The maximum atomic E-state index is 12.4. The van der Waals surface area contributed by atoms with Gasteiger partial charge in [-0.25, -0.2) is 9.67 Å². The van der Waals surface area contributed by atoms with Gasteiger partial charge in [0.1, 0.15) is 12.9 Å². The van der Waals surface area contributed by atoms with E-state index in [1.165, 1.54) is 16.7 Å². The lowest BCUT2D eigenvalue weighted by Crippen LogP contribution is -2.37. The Balaban J connectivity index is 1.53. The lowest BCUT2D eigenvalue weighted by atomic mass is 10.2. The Labute approximate surface area is 147 Å². The Kier molecular flexibility index (Phi) is 5.75. The molecule has 0 radical (unpaired) electrons. The molecule has 2 aromatic heterocycles. The van der Waals surface area contributed by atoms with Crippen molar-refractivity contribution in [3.8, 4) is 0 Å². The minimum atomic E-state index is 0.0685. The number of amides is 1. The van der Waals surface area contributed by atoms with Gasteiger partial charge in [-0.3, -0.25) is 9.69 Å². The summed E-state index contributed by atoms with van der Waals surface area (Å²) in [7, 11) is 0. The smallest absolute Gasteiger partial charge is 0.244 e. The molecular weight excluding hydrogens is 320 g/mol. The largest absolute Gasteiger partial charge is 0.340 e. The van der Waals surface area contributed by atoms with Gasteiger partial charge in [0.15, 0.2) is 0 Å². The van der Waals surface area contributed by atoms with Crippen molar-refractivity contribution in [1.82, 2.24) is 39.6 Å². The third-order valence-corrected chi connectivity index (χ3v) is 4.38. The van der Waals surface area contributed by atoms with Gasteiger partial charge in [-0.1, -0.05) is 13.8 Å². The Morgan fingerprint density at radius 3 is 2.84 bits per heavy atom. The second kappa shape index (κ2) is 8.19. The zero-order chi connectivity index (χ0) is 17.6. The molecule has 1 saturated heterocycles. The fourth-order valence-electron chi connectivity index (χ4n) is 3.14. The first-order valence-corrected chi connectivity index (χ1v) is 8.81. The number of imidazole rings is 1. The molecule has 1 amide bonds. The predicted molar refractivity (Wildman–Crippen MR) is 91.4 cm³/mol. The van der Waals surface area contributed by atoms with Gasteiger partial charge in [0.25, 0.3) is 0 Å². The Morgan fingerprint density at radius 2 is 2.08 bits per heavy atom. The van der Waals surface area contributed by atoms with E-state index < -0.39 is 0 Å². The van der Waals surface area contributed by atoms with Crippen LogP contribution < -0.4 is 0 Å². The van der Waals surface area contributed by atoms with Crippen LogP contribution in [0.1, 0.15) is 26.0 Å². The van der Waals surface area contributed by atoms with Crippen molar-refractivity contribution in [2.75, 3.05) is 26.2 Å². The summed E-state index contributed by atoms with van der Waals surface area (Å²) in [6, 6.07) is 0. The number of hydrogen-bond donors (Lipinski definition) is 0. The van der Waals surface area contributed by atoms with E-state index in [0.29, 0.717) is 5.92 Å². The van der Waals surface area contributed by atoms with Crippen LogP contribution in [0.15, 0.2) is 18.9 Å². The lowest BCUT2D eigenvalue weighted by Gasteiger charge is -2.22. The monoisotopic (exact) mass is 346 g/mol. The molecular formula is C16H26N8O. The van der Waals surface area contributed by atoms with Crippen molar-refractivity contribution in [1.29, 1.82) is 0 Å². The van der Waals surface area contributed by atoms with E-state index in [2.05, 4.69) is 43.8 Å². The maximum absolute atomic E-state index is 12.4. The zero-order valence-corrected chi connectivity index (χ0v) is 15.0. The Morgan fingerprint density at radius 1 is 1.20 bits per heavy atom. The highest BCUT2D eigenvalue weighted by molar-refractivity contribution is 5.75. The molecule has 1 aliphatic heterocycles. The molecule has 0 aliphatic carbocycles. The zero-order valence-electron chi connectivity index (χ0n) is 15.0. The van der Waals surface area contributed by atoms with Crippen LogP contribution in [0.2, 0.25) is 0 Å². The third-order valence-electron chi connectivity index (χ3n) is 4.38. The summed E-state index contributed by atoms with van der Waals surface area (Å²) in [5.41, 5.74) is 1.24. The van der Waals surface area contributed by atoms with E-state index in [1.807, 2.05) is 17.4 Å². The van der Waals surface area contributed by atoms with Crippen molar-refractivity contribution in [3.63, 3.8) is 0 Å². The number of carbonyl (C=O) groups is 1. The predicted octanol–water partition coefficient (Wildman–Crippen LogP) is 0.260. The number of hydrogen-bond acceptors (Lipinski definition) is 6. The molecule has 1 fully saturated rings. The summed E-state index contributed by atoms with van der Waals surface area (Å²) in [6.45, 7) is 9.86. The van der Waals surface area contributed by atoms with Gasteiger partial charge < -0.3 is 9.47 Å². The number of aromatic nitrogens is 6. The summed E-state index contributed by atoms with van der Waals surface area (Å²) < 4.78 is 3.70. The first-order valence-electron chi connectivity index (χ1n) is 8.81. The first-order chi connectivity index (χ1) is 12.1. The summed E-state index contributed by atoms with van der Waals surface area (Å²) in [5, 5.41) is 10.9. The highest BCUT2D eigenvalue weighted by atomic mass is 16.2. The van der Waals surface area contributed by atoms with E-state index in [0.717, 1.165) is 45.7 Å². The topological polar surface area (TPSA) is 85.0 Å². The van der Waals surface area contributed by atoms with Crippen molar-refractivity contribution >= 4 is 5.91 Å². The normalized spacial score (nSPS) is 16.4. The molecule has 3 heterocycles. The standard InChI is InChI=1S/C16H26N8O/c1-14(2)9-23-12-17-8-15(23)10-21-4-3-5-22(7-6-21)16(25)11-24-13-18-19-20-24/h8,12-14H,3-7,9-11H2,1-2H3. The van der Waals surface area contributed by atoms with Crippen LogP contribution in [0.3, 0.4) is 0 Å². The van der Waals surface area contributed by atoms with Crippen LogP contribution in [-0.2, 0) is 24.4 Å². The quantitative estimate of drug-likeness (QED) is 0.746. The van der Waals surface area contributed by atoms with E-state index in [4.69, 9.17) is 0 Å². The number of carbonyl (C=O) groups excluding carboxylic acids is 1. The van der Waals surface area contributed by atoms with E-state index in [1.54, 1.807) is 0 Å².